The summed E-state index contributed by atoms with van der Waals surface area (Å²) in [6, 6.07) is 8.83. The first kappa shape index (κ1) is 29.4. The average molecular weight is 563 g/mol. The van der Waals surface area contributed by atoms with Crippen LogP contribution in [0.1, 0.15) is 80.9 Å². The van der Waals surface area contributed by atoms with Gasteiger partial charge in [0.25, 0.3) is 11.5 Å². The van der Waals surface area contributed by atoms with Gasteiger partial charge in [-0.05, 0) is 98.4 Å². The minimum Gasteiger partial charge on any atom is -0.396 e. The normalized spacial score (nSPS) is 18.4. The first-order valence-electron chi connectivity index (χ1n) is 14.7. The number of pyridine rings is 1. The molecule has 1 aromatic heterocycles. The Balaban J connectivity index is 1.63. The molecule has 2 aromatic carbocycles. The molecule has 1 aliphatic heterocycles. The lowest BCUT2D eigenvalue weighted by atomic mass is 9.88. The highest BCUT2D eigenvalue weighted by Gasteiger charge is 2.30. The van der Waals surface area contributed by atoms with E-state index in [-0.39, 0.29) is 35.7 Å². The zero-order chi connectivity index (χ0) is 29.7. The van der Waals surface area contributed by atoms with Gasteiger partial charge >= 0.3 is 0 Å². The van der Waals surface area contributed by atoms with Gasteiger partial charge in [0.2, 0.25) is 0 Å². The molecule has 1 aliphatic carbocycles. The quantitative estimate of drug-likeness (QED) is 0.363. The van der Waals surface area contributed by atoms with Crippen LogP contribution in [0.25, 0.3) is 21.9 Å². The third-order valence-corrected chi connectivity index (χ3v) is 8.91. The van der Waals surface area contributed by atoms with Gasteiger partial charge in [-0.15, -0.1) is 0 Å². The van der Waals surface area contributed by atoms with Gasteiger partial charge in [0, 0.05) is 66.4 Å². The Bertz CT molecular complexity index is 1530. The van der Waals surface area contributed by atoms with Gasteiger partial charge in [-0.25, -0.2) is 4.39 Å². The predicted octanol–water partition coefficient (Wildman–Crippen LogP) is 4.90. The van der Waals surface area contributed by atoms with E-state index in [9.17, 15) is 14.7 Å². The summed E-state index contributed by atoms with van der Waals surface area (Å²) in [6.07, 6.45) is 5.59. The lowest BCUT2D eigenvalue weighted by molar-refractivity contribution is 0.0950. The molecule has 2 aliphatic rings. The Morgan fingerprint density at radius 3 is 2.51 bits per heavy atom. The van der Waals surface area contributed by atoms with Gasteiger partial charge < -0.3 is 20.7 Å². The molecule has 1 saturated heterocycles. The van der Waals surface area contributed by atoms with Crippen molar-refractivity contribution in [1.82, 2.24) is 14.8 Å². The van der Waals surface area contributed by atoms with E-state index in [1.807, 2.05) is 38.2 Å². The molecule has 41 heavy (non-hydrogen) atoms. The topological polar surface area (TPSA) is 101 Å². The number of amides is 1. The van der Waals surface area contributed by atoms with E-state index in [4.69, 9.17) is 5.73 Å². The molecule has 2 heterocycles. The second-order valence-corrected chi connectivity index (χ2v) is 13.3. The van der Waals surface area contributed by atoms with Crippen LogP contribution in [0.2, 0.25) is 0 Å². The van der Waals surface area contributed by atoms with Crippen LogP contribution in [0.15, 0.2) is 41.3 Å². The van der Waals surface area contributed by atoms with E-state index in [1.54, 1.807) is 17.6 Å². The number of nitrogens with zero attached hydrogens (tertiary/aromatic N) is 2. The van der Waals surface area contributed by atoms with E-state index >= 15 is 4.39 Å². The number of fused-ring (bicyclic) bond motifs is 1. The van der Waals surface area contributed by atoms with Crippen molar-refractivity contribution >= 4 is 16.7 Å². The molecule has 8 heteroatoms. The number of nitrogens with two attached hydrogens (primary N) is 1. The van der Waals surface area contributed by atoms with Crippen molar-refractivity contribution in [1.29, 1.82) is 0 Å². The number of likely N-dealkylation sites (tertiary alicyclic amines) is 1. The van der Waals surface area contributed by atoms with Crippen LogP contribution in [0, 0.1) is 18.2 Å². The summed E-state index contributed by atoms with van der Waals surface area (Å²) in [5.74, 6) is -0.703. The molecule has 0 spiro atoms. The highest BCUT2D eigenvalue weighted by molar-refractivity contribution is 5.97. The number of aliphatic hydroxyl groups is 1. The maximum atomic E-state index is 15.1. The molecule has 3 aromatic rings. The number of aromatic nitrogens is 1. The summed E-state index contributed by atoms with van der Waals surface area (Å²) in [4.78, 5) is 28.9. The van der Waals surface area contributed by atoms with Gasteiger partial charge in [0.05, 0.1) is 0 Å². The van der Waals surface area contributed by atoms with E-state index in [2.05, 4.69) is 24.1 Å². The minimum absolute atomic E-state index is 0.00132. The minimum atomic E-state index is -0.472. The fraction of sp³-hybridized carbons (Fsp3) is 0.515. The number of halogens is 1. The number of piperidine rings is 1. The fourth-order valence-electron chi connectivity index (χ4n) is 5.77. The van der Waals surface area contributed by atoms with Crippen LogP contribution in [0.4, 0.5) is 4.39 Å². The Kier molecular flexibility index (Phi) is 7.87. The van der Waals surface area contributed by atoms with Crippen molar-refractivity contribution in [2.75, 3.05) is 19.7 Å². The largest absolute Gasteiger partial charge is 0.396 e. The number of nitrogens with one attached hydrogen (secondary N) is 1. The predicted molar refractivity (Wildman–Crippen MR) is 162 cm³/mol. The van der Waals surface area contributed by atoms with Crippen molar-refractivity contribution in [2.24, 2.45) is 11.1 Å². The van der Waals surface area contributed by atoms with Crippen LogP contribution >= 0.6 is 0 Å². The molecule has 7 nitrogen and oxygen atoms in total. The zero-order valence-electron chi connectivity index (χ0n) is 24.9. The maximum Gasteiger partial charge on any atom is 0.258 e. The first-order valence-corrected chi connectivity index (χ1v) is 14.7. The van der Waals surface area contributed by atoms with E-state index in [0.29, 0.717) is 28.6 Å². The molecule has 0 bridgehead atoms. The van der Waals surface area contributed by atoms with Gasteiger partial charge in [0.1, 0.15) is 5.82 Å². The average Bonchev–Trinajstić information content (AvgIpc) is 3.75. The van der Waals surface area contributed by atoms with Gasteiger partial charge in [0.15, 0.2) is 0 Å². The van der Waals surface area contributed by atoms with Crippen molar-refractivity contribution < 1.29 is 14.3 Å². The number of carbonyl (C=O) groups excluding carboxylic acids is 1. The standard InChI is InChI=1S/C33H43FN4O3/c1-20-26(15-23(16-29(20)34)30(40)36-24-7-8-24)22-6-9-25-27(14-22)28(17-38(31(25)41)18-32(3,4)19-39)21(2)37-12-10-33(5,35)11-13-37/h6,9,14-17,21,24,39H,7-8,10-13,18-19,35H2,1-5H3,(H,36,40). The molecule has 1 unspecified atom stereocenters. The third-order valence-electron chi connectivity index (χ3n) is 8.91. The molecular formula is C33H43FN4O3. The number of hydrogen-bond acceptors (Lipinski definition) is 5. The summed E-state index contributed by atoms with van der Waals surface area (Å²) < 4.78 is 16.8. The number of benzene rings is 2. The summed E-state index contributed by atoms with van der Waals surface area (Å²) in [7, 11) is 0. The van der Waals surface area contributed by atoms with Crippen LogP contribution < -0.4 is 16.6 Å². The van der Waals surface area contributed by atoms with E-state index in [1.165, 1.54) is 6.07 Å². The molecule has 0 radical (unpaired) electrons. The van der Waals surface area contributed by atoms with Crippen LogP contribution in [-0.2, 0) is 6.54 Å². The number of carbonyl (C=O) groups is 1. The Morgan fingerprint density at radius 1 is 1.20 bits per heavy atom. The molecule has 5 rings (SSSR count). The highest BCUT2D eigenvalue weighted by atomic mass is 19.1. The second kappa shape index (κ2) is 11.0. The van der Waals surface area contributed by atoms with Crippen molar-refractivity contribution in [3.63, 3.8) is 0 Å². The van der Waals surface area contributed by atoms with Gasteiger partial charge in [-0.3, -0.25) is 14.5 Å². The third kappa shape index (κ3) is 6.25. The maximum absolute atomic E-state index is 15.1. The van der Waals surface area contributed by atoms with Gasteiger partial charge in [-0.2, -0.15) is 0 Å². The van der Waals surface area contributed by atoms with Crippen molar-refractivity contribution in [2.45, 2.75) is 84.5 Å². The van der Waals surface area contributed by atoms with Crippen LogP contribution in [-0.4, -0.2) is 51.8 Å². The lowest BCUT2D eigenvalue weighted by Crippen LogP contribution is -2.48. The van der Waals surface area contributed by atoms with Crippen LogP contribution in [0.3, 0.4) is 0 Å². The molecule has 1 saturated carbocycles. The Morgan fingerprint density at radius 2 is 1.88 bits per heavy atom. The molecule has 2 fully saturated rings. The van der Waals surface area contributed by atoms with Crippen molar-refractivity contribution in [3.8, 4) is 11.1 Å². The molecule has 1 amide bonds. The van der Waals surface area contributed by atoms with Gasteiger partial charge in [-0.1, -0.05) is 19.9 Å². The highest BCUT2D eigenvalue weighted by Crippen LogP contribution is 2.35. The molecular weight excluding hydrogens is 519 g/mol. The fourth-order valence-corrected chi connectivity index (χ4v) is 5.77. The van der Waals surface area contributed by atoms with E-state index in [0.717, 1.165) is 55.3 Å². The number of hydrogen-bond donors (Lipinski definition) is 3. The first-order chi connectivity index (χ1) is 19.3. The smallest absolute Gasteiger partial charge is 0.258 e. The Hall–Kier alpha value is -3.07. The monoisotopic (exact) mass is 562 g/mol. The zero-order valence-corrected chi connectivity index (χ0v) is 24.9. The summed E-state index contributed by atoms with van der Waals surface area (Å²) in [6.45, 7) is 11.9. The molecule has 1 atom stereocenters. The van der Waals surface area contributed by atoms with Crippen molar-refractivity contribution in [3.05, 3.63) is 69.4 Å². The number of aliphatic hydroxyl groups excluding tert-OH is 1. The lowest BCUT2D eigenvalue weighted by Gasteiger charge is -2.40. The Labute approximate surface area is 241 Å². The molecule has 4 N–H and O–H groups in total. The van der Waals surface area contributed by atoms with E-state index < -0.39 is 11.2 Å². The summed E-state index contributed by atoms with van der Waals surface area (Å²) >= 11 is 0. The summed E-state index contributed by atoms with van der Waals surface area (Å²) in [5.41, 5.74) is 8.77. The number of rotatable bonds is 8. The molecule has 220 valence electrons. The SMILES string of the molecule is Cc1c(F)cc(C(=O)NC2CC2)cc1-c1ccc2c(=O)n(CC(C)(C)CO)cc(C(C)N3CCC(C)(N)CC3)c2c1. The summed E-state index contributed by atoms with van der Waals surface area (Å²) in [5, 5.41) is 14.3. The van der Waals surface area contributed by atoms with Crippen LogP contribution in [0.5, 0.6) is 0 Å². The second-order valence-electron chi connectivity index (χ2n) is 13.3.